The maximum Gasteiger partial charge on any atom is 0.231 e. The third-order valence-electron chi connectivity index (χ3n) is 2.86. The number of aryl methyl sites for hydroxylation is 1. The summed E-state index contributed by atoms with van der Waals surface area (Å²) in [4.78, 5) is 11.7. The van der Waals surface area contributed by atoms with Gasteiger partial charge in [-0.2, -0.15) is 0 Å². The molecule has 0 saturated carbocycles. The van der Waals surface area contributed by atoms with Gasteiger partial charge in [0.15, 0.2) is 0 Å². The van der Waals surface area contributed by atoms with Gasteiger partial charge in [0.1, 0.15) is 0 Å². The molecule has 0 spiro atoms. The van der Waals surface area contributed by atoms with E-state index in [2.05, 4.69) is 12.1 Å². The predicted molar refractivity (Wildman–Crippen MR) is 55.5 cm³/mol. The molecule has 0 aliphatic carbocycles. The van der Waals surface area contributed by atoms with Gasteiger partial charge in [-0.25, -0.2) is 0 Å². The van der Waals surface area contributed by atoms with E-state index in [9.17, 15) is 4.79 Å². The molecule has 1 aromatic heterocycles. The van der Waals surface area contributed by atoms with Gasteiger partial charge < -0.3 is 0 Å². The smallest absolute Gasteiger partial charge is 0.231 e. The number of nitrogens with zero attached hydrogens (tertiary/aromatic N) is 1. The van der Waals surface area contributed by atoms with Gasteiger partial charge in [-0.3, -0.25) is 9.36 Å². The number of hydrogen-bond acceptors (Lipinski definition) is 1. The zero-order valence-corrected chi connectivity index (χ0v) is 7.86. The monoisotopic (exact) mass is 185 g/mol. The van der Waals surface area contributed by atoms with Gasteiger partial charge in [-0.05, 0) is 25.0 Å². The van der Waals surface area contributed by atoms with Crippen LogP contribution in [0.4, 0.5) is 0 Å². The van der Waals surface area contributed by atoms with E-state index in [1.165, 1.54) is 11.1 Å². The second kappa shape index (κ2) is 2.71. The van der Waals surface area contributed by atoms with E-state index in [0.29, 0.717) is 6.42 Å². The normalized spacial score (nSPS) is 15.9. The molecule has 3 rings (SSSR count). The van der Waals surface area contributed by atoms with Crippen LogP contribution in [0, 0.1) is 0 Å². The van der Waals surface area contributed by atoms with Crippen molar-refractivity contribution in [2.45, 2.75) is 19.3 Å². The van der Waals surface area contributed by atoms with Crippen molar-refractivity contribution in [3.8, 4) is 0 Å². The molecule has 1 aliphatic rings. The SMILES string of the molecule is O=C1CCCc2cc3ccccc3n21. The Morgan fingerprint density at radius 3 is 2.93 bits per heavy atom. The lowest BCUT2D eigenvalue weighted by molar-refractivity contribution is 0.0890. The maximum atomic E-state index is 11.7. The number of rotatable bonds is 0. The Hall–Kier alpha value is -1.57. The van der Waals surface area contributed by atoms with Crippen LogP contribution in [-0.4, -0.2) is 10.5 Å². The van der Waals surface area contributed by atoms with Crippen LogP contribution in [0.5, 0.6) is 0 Å². The summed E-state index contributed by atoms with van der Waals surface area (Å²) in [7, 11) is 0. The molecule has 70 valence electrons. The van der Waals surface area contributed by atoms with Crippen LogP contribution >= 0.6 is 0 Å². The van der Waals surface area contributed by atoms with Gasteiger partial charge >= 0.3 is 0 Å². The molecule has 0 bridgehead atoms. The summed E-state index contributed by atoms with van der Waals surface area (Å²) in [5.41, 5.74) is 2.23. The van der Waals surface area contributed by atoms with Crippen LogP contribution in [0.1, 0.15) is 23.3 Å². The summed E-state index contributed by atoms with van der Waals surface area (Å²) in [6, 6.07) is 10.2. The van der Waals surface area contributed by atoms with E-state index in [-0.39, 0.29) is 5.91 Å². The Balaban J connectivity index is 2.39. The highest BCUT2D eigenvalue weighted by Gasteiger charge is 2.18. The van der Waals surface area contributed by atoms with E-state index in [0.717, 1.165) is 18.4 Å². The first-order chi connectivity index (χ1) is 6.86. The van der Waals surface area contributed by atoms with Crippen LogP contribution in [-0.2, 0) is 6.42 Å². The number of benzene rings is 1. The molecule has 1 aromatic carbocycles. The standard InChI is InChI=1S/C12H11NO/c14-12-7-3-5-10-8-9-4-1-2-6-11(9)13(10)12/h1-2,4,6,8H,3,5,7H2. The first kappa shape index (κ1) is 7.80. The van der Waals surface area contributed by atoms with Gasteiger partial charge in [-0.1, -0.05) is 18.2 Å². The lowest BCUT2D eigenvalue weighted by Crippen LogP contribution is -2.18. The fourth-order valence-electron chi connectivity index (χ4n) is 2.22. The van der Waals surface area contributed by atoms with Crippen LogP contribution in [0.3, 0.4) is 0 Å². The van der Waals surface area contributed by atoms with Gasteiger partial charge in [-0.15, -0.1) is 0 Å². The molecule has 0 atom stereocenters. The summed E-state index contributed by atoms with van der Waals surface area (Å²) in [5, 5.41) is 1.18. The Morgan fingerprint density at radius 2 is 2.00 bits per heavy atom. The summed E-state index contributed by atoms with van der Waals surface area (Å²) < 4.78 is 1.87. The molecule has 2 heterocycles. The van der Waals surface area contributed by atoms with Crippen molar-refractivity contribution in [2.75, 3.05) is 0 Å². The third kappa shape index (κ3) is 0.939. The molecule has 2 heteroatoms. The van der Waals surface area contributed by atoms with Crippen molar-refractivity contribution in [3.63, 3.8) is 0 Å². The van der Waals surface area contributed by atoms with Crippen LogP contribution in [0.2, 0.25) is 0 Å². The van der Waals surface area contributed by atoms with Crippen molar-refractivity contribution in [3.05, 3.63) is 36.0 Å². The van der Waals surface area contributed by atoms with Crippen LogP contribution in [0.25, 0.3) is 10.9 Å². The molecule has 0 amide bonds. The maximum absolute atomic E-state index is 11.7. The van der Waals surface area contributed by atoms with E-state index in [4.69, 9.17) is 0 Å². The minimum absolute atomic E-state index is 0.243. The molecular weight excluding hydrogens is 174 g/mol. The number of carbonyl (C=O) groups excluding carboxylic acids is 1. The lowest BCUT2D eigenvalue weighted by atomic mass is 10.1. The molecule has 0 radical (unpaired) electrons. The summed E-state index contributed by atoms with van der Waals surface area (Å²) in [6.07, 6.45) is 2.71. The molecule has 14 heavy (non-hydrogen) atoms. The number of para-hydroxylation sites is 1. The second-order valence-corrected chi connectivity index (χ2v) is 3.78. The Labute approximate surface area is 82.1 Å². The van der Waals surface area contributed by atoms with Gasteiger partial charge in [0.25, 0.3) is 0 Å². The summed E-state index contributed by atoms with van der Waals surface area (Å²) in [6.45, 7) is 0. The third-order valence-corrected chi connectivity index (χ3v) is 2.86. The van der Waals surface area contributed by atoms with Crippen molar-refractivity contribution < 1.29 is 4.79 Å². The average molecular weight is 185 g/mol. The fourth-order valence-corrected chi connectivity index (χ4v) is 2.22. The zero-order valence-electron chi connectivity index (χ0n) is 7.86. The molecule has 0 unspecified atom stereocenters. The van der Waals surface area contributed by atoms with Gasteiger partial charge in [0.05, 0.1) is 5.52 Å². The Morgan fingerprint density at radius 1 is 1.14 bits per heavy atom. The first-order valence-corrected chi connectivity index (χ1v) is 4.99. The topological polar surface area (TPSA) is 22.0 Å². The van der Waals surface area contributed by atoms with Gasteiger partial charge in [0.2, 0.25) is 5.91 Å². The molecule has 0 fully saturated rings. The minimum atomic E-state index is 0.243. The Bertz CT molecular complexity index is 510. The highest BCUT2D eigenvalue weighted by Crippen LogP contribution is 2.24. The van der Waals surface area contributed by atoms with E-state index in [1.807, 2.05) is 22.8 Å². The molecule has 2 aromatic rings. The highest BCUT2D eigenvalue weighted by atomic mass is 16.2. The predicted octanol–water partition coefficient (Wildman–Crippen LogP) is 2.62. The van der Waals surface area contributed by atoms with E-state index in [1.54, 1.807) is 0 Å². The molecule has 1 aliphatic heterocycles. The average Bonchev–Trinajstić information content (AvgIpc) is 2.57. The molecule has 0 N–H and O–H groups in total. The number of carbonyl (C=O) groups is 1. The number of fused-ring (bicyclic) bond motifs is 3. The number of aromatic nitrogens is 1. The molecule has 0 saturated heterocycles. The minimum Gasteiger partial charge on any atom is -0.284 e. The van der Waals surface area contributed by atoms with Crippen molar-refractivity contribution >= 4 is 16.8 Å². The van der Waals surface area contributed by atoms with E-state index >= 15 is 0 Å². The first-order valence-electron chi connectivity index (χ1n) is 4.99. The van der Waals surface area contributed by atoms with Crippen LogP contribution in [0.15, 0.2) is 30.3 Å². The van der Waals surface area contributed by atoms with Gasteiger partial charge in [0, 0.05) is 17.5 Å². The quantitative estimate of drug-likeness (QED) is 0.618. The highest BCUT2D eigenvalue weighted by molar-refractivity contribution is 5.94. The fraction of sp³-hybridized carbons (Fsp3) is 0.250. The van der Waals surface area contributed by atoms with Crippen molar-refractivity contribution in [1.82, 2.24) is 4.57 Å². The molecular formula is C12H11NO. The number of hydrogen-bond donors (Lipinski definition) is 0. The zero-order chi connectivity index (χ0) is 9.54. The Kier molecular flexibility index (Phi) is 1.51. The summed E-state index contributed by atoms with van der Waals surface area (Å²) in [5.74, 6) is 0.243. The second-order valence-electron chi connectivity index (χ2n) is 3.78. The van der Waals surface area contributed by atoms with Crippen LogP contribution < -0.4 is 0 Å². The van der Waals surface area contributed by atoms with Crippen molar-refractivity contribution in [1.29, 1.82) is 0 Å². The van der Waals surface area contributed by atoms with Crippen molar-refractivity contribution in [2.24, 2.45) is 0 Å². The summed E-state index contributed by atoms with van der Waals surface area (Å²) >= 11 is 0. The molecule has 2 nitrogen and oxygen atoms in total. The van der Waals surface area contributed by atoms with E-state index < -0.39 is 0 Å². The largest absolute Gasteiger partial charge is 0.284 e. The lowest BCUT2D eigenvalue weighted by Gasteiger charge is -2.13.